The molecule has 1 fully saturated rings. The Bertz CT molecular complexity index is 337. The van der Waals surface area contributed by atoms with Crippen molar-refractivity contribution < 1.29 is 4.74 Å². The molecule has 2 rings (SSSR count). The monoisotopic (exact) mass is 235 g/mol. The van der Waals surface area contributed by atoms with Crippen LogP contribution in [0.2, 0.25) is 0 Å². The summed E-state index contributed by atoms with van der Waals surface area (Å²) in [4.78, 5) is 4.24. The van der Waals surface area contributed by atoms with Crippen molar-refractivity contribution >= 4 is 11.5 Å². The number of hydrogen-bond donors (Lipinski definition) is 2. The molecule has 94 valence electrons. The smallest absolute Gasteiger partial charge is 0.127 e. The van der Waals surface area contributed by atoms with Crippen LogP contribution in [0.3, 0.4) is 0 Å². The minimum absolute atomic E-state index is 0.734. The maximum absolute atomic E-state index is 5.36. The third-order valence-electron chi connectivity index (χ3n) is 3.02. The Hall–Kier alpha value is -1.29. The van der Waals surface area contributed by atoms with E-state index in [2.05, 4.69) is 28.6 Å². The third kappa shape index (κ3) is 3.89. The minimum Gasteiger partial charge on any atom is -0.385 e. The highest BCUT2D eigenvalue weighted by molar-refractivity contribution is 5.51. The summed E-state index contributed by atoms with van der Waals surface area (Å²) in [5.41, 5.74) is 1.13. The average Bonchev–Trinajstić information content (AvgIpc) is 2.83. The first kappa shape index (κ1) is 12.2. The highest BCUT2D eigenvalue weighted by Gasteiger charge is 2.14. The Morgan fingerprint density at radius 3 is 3.18 bits per heavy atom. The Morgan fingerprint density at radius 1 is 1.47 bits per heavy atom. The van der Waals surface area contributed by atoms with Crippen LogP contribution in [0.15, 0.2) is 18.3 Å². The summed E-state index contributed by atoms with van der Waals surface area (Å²) in [7, 11) is 0. The SMILES string of the molecule is CCNc1cc(NCCC2CCOC2)ccn1. The van der Waals surface area contributed by atoms with E-state index in [0.717, 1.165) is 43.7 Å². The Kier molecular flexibility index (Phi) is 4.62. The van der Waals surface area contributed by atoms with Crippen LogP contribution in [0, 0.1) is 5.92 Å². The maximum Gasteiger partial charge on any atom is 0.127 e. The molecule has 2 heterocycles. The van der Waals surface area contributed by atoms with Crippen LogP contribution in [0.4, 0.5) is 11.5 Å². The van der Waals surface area contributed by atoms with E-state index >= 15 is 0 Å². The van der Waals surface area contributed by atoms with Crippen LogP contribution in [-0.2, 0) is 4.74 Å². The molecule has 0 bridgehead atoms. The summed E-state index contributed by atoms with van der Waals surface area (Å²) in [5, 5.41) is 6.64. The van der Waals surface area contributed by atoms with Crippen molar-refractivity contribution in [3.8, 4) is 0 Å². The van der Waals surface area contributed by atoms with Crippen molar-refractivity contribution in [1.82, 2.24) is 4.98 Å². The Labute approximate surface area is 103 Å². The molecule has 17 heavy (non-hydrogen) atoms. The molecule has 4 heteroatoms. The highest BCUT2D eigenvalue weighted by atomic mass is 16.5. The minimum atomic E-state index is 0.734. The summed E-state index contributed by atoms with van der Waals surface area (Å²) in [6.07, 6.45) is 4.22. The van der Waals surface area contributed by atoms with Crippen molar-refractivity contribution in [3.63, 3.8) is 0 Å². The first-order valence-corrected chi connectivity index (χ1v) is 6.40. The van der Waals surface area contributed by atoms with Crippen molar-refractivity contribution in [2.24, 2.45) is 5.92 Å². The van der Waals surface area contributed by atoms with E-state index in [1.54, 1.807) is 0 Å². The molecule has 1 unspecified atom stereocenters. The van der Waals surface area contributed by atoms with Gasteiger partial charge in [0.1, 0.15) is 5.82 Å². The molecule has 4 nitrogen and oxygen atoms in total. The second-order valence-electron chi connectivity index (χ2n) is 4.41. The number of nitrogens with one attached hydrogen (secondary N) is 2. The van der Waals surface area contributed by atoms with E-state index < -0.39 is 0 Å². The van der Waals surface area contributed by atoms with Gasteiger partial charge in [-0.1, -0.05) is 0 Å². The Morgan fingerprint density at radius 2 is 2.41 bits per heavy atom. The predicted molar refractivity (Wildman–Crippen MR) is 70.4 cm³/mol. The predicted octanol–water partition coefficient (Wildman–Crippen LogP) is 2.35. The molecule has 1 atom stereocenters. The highest BCUT2D eigenvalue weighted by Crippen LogP contribution is 2.17. The lowest BCUT2D eigenvalue weighted by atomic mass is 10.1. The molecule has 0 saturated carbocycles. The molecule has 0 aromatic carbocycles. The molecule has 1 aliphatic heterocycles. The zero-order chi connectivity index (χ0) is 11.9. The van der Waals surface area contributed by atoms with Crippen molar-refractivity contribution in [2.75, 3.05) is 36.9 Å². The van der Waals surface area contributed by atoms with Gasteiger partial charge in [-0.3, -0.25) is 0 Å². The molecule has 1 aromatic heterocycles. The Balaban J connectivity index is 1.75. The summed E-state index contributed by atoms with van der Waals surface area (Å²) in [6, 6.07) is 4.06. The molecule has 2 N–H and O–H groups in total. The summed E-state index contributed by atoms with van der Waals surface area (Å²) in [6.45, 7) is 5.84. The van der Waals surface area contributed by atoms with Gasteiger partial charge in [-0.05, 0) is 31.7 Å². The number of rotatable bonds is 6. The lowest BCUT2D eigenvalue weighted by Gasteiger charge is -2.10. The van der Waals surface area contributed by atoms with E-state index in [1.807, 2.05) is 12.3 Å². The van der Waals surface area contributed by atoms with Crippen LogP contribution in [0.1, 0.15) is 19.8 Å². The number of hydrogen-bond acceptors (Lipinski definition) is 4. The number of anilines is 2. The van der Waals surface area contributed by atoms with E-state index in [1.165, 1.54) is 12.8 Å². The molecule has 1 aromatic rings. The number of pyridine rings is 1. The van der Waals surface area contributed by atoms with Crippen molar-refractivity contribution in [2.45, 2.75) is 19.8 Å². The molecule has 0 aliphatic carbocycles. The fourth-order valence-corrected chi connectivity index (χ4v) is 2.05. The van der Waals surface area contributed by atoms with Crippen molar-refractivity contribution in [1.29, 1.82) is 0 Å². The number of aromatic nitrogens is 1. The second-order valence-corrected chi connectivity index (χ2v) is 4.41. The zero-order valence-corrected chi connectivity index (χ0v) is 10.4. The molecule has 0 amide bonds. The molecular weight excluding hydrogens is 214 g/mol. The molecule has 0 radical (unpaired) electrons. The van der Waals surface area contributed by atoms with Gasteiger partial charge in [0.25, 0.3) is 0 Å². The topological polar surface area (TPSA) is 46.2 Å². The van der Waals surface area contributed by atoms with Gasteiger partial charge in [-0.15, -0.1) is 0 Å². The average molecular weight is 235 g/mol. The molecule has 0 spiro atoms. The van der Waals surface area contributed by atoms with Crippen LogP contribution in [0.25, 0.3) is 0 Å². The van der Waals surface area contributed by atoms with Gasteiger partial charge in [0.05, 0.1) is 0 Å². The lowest BCUT2D eigenvalue weighted by molar-refractivity contribution is 0.185. The van der Waals surface area contributed by atoms with Crippen LogP contribution in [0.5, 0.6) is 0 Å². The van der Waals surface area contributed by atoms with E-state index in [0.29, 0.717) is 0 Å². The second kappa shape index (κ2) is 6.45. The molecule has 1 aliphatic rings. The van der Waals surface area contributed by atoms with E-state index in [-0.39, 0.29) is 0 Å². The third-order valence-corrected chi connectivity index (χ3v) is 3.02. The summed E-state index contributed by atoms with van der Waals surface area (Å²) >= 11 is 0. The van der Waals surface area contributed by atoms with Gasteiger partial charge in [-0.25, -0.2) is 4.98 Å². The zero-order valence-electron chi connectivity index (χ0n) is 10.4. The van der Waals surface area contributed by atoms with E-state index in [9.17, 15) is 0 Å². The van der Waals surface area contributed by atoms with Crippen LogP contribution in [-0.4, -0.2) is 31.3 Å². The van der Waals surface area contributed by atoms with Gasteiger partial charge in [0.15, 0.2) is 0 Å². The van der Waals surface area contributed by atoms with Gasteiger partial charge < -0.3 is 15.4 Å². The van der Waals surface area contributed by atoms with Crippen molar-refractivity contribution in [3.05, 3.63) is 18.3 Å². The maximum atomic E-state index is 5.36. The van der Waals surface area contributed by atoms with Crippen LogP contribution < -0.4 is 10.6 Å². The quantitative estimate of drug-likeness (QED) is 0.794. The van der Waals surface area contributed by atoms with Gasteiger partial charge in [0.2, 0.25) is 0 Å². The molecule has 1 saturated heterocycles. The largest absolute Gasteiger partial charge is 0.385 e. The van der Waals surface area contributed by atoms with Gasteiger partial charge >= 0.3 is 0 Å². The summed E-state index contributed by atoms with van der Waals surface area (Å²) < 4.78 is 5.36. The molecular formula is C13H21N3O. The van der Waals surface area contributed by atoms with Gasteiger partial charge in [0, 0.05) is 44.3 Å². The number of ether oxygens (including phenoxy) is 1. The number of nitrogens with zero attached hydrogens (tertiary/aromatic N) is 1. The normalized spacial score (nSPS) is 19.2. The lowest BCUT2D eigenvalue weighted by Crippen LogP contribution is -2.09. The van der Waals surface area contributed by atoms with E-state index in [4.69, 9.17) is 4.74 Å². The standard InChI is InChI=1S/C13H21N3O/c1-2-14-13-9-12(4-7-16-13)15-6-3-11-5-8-17-10-11/h4,7,9,11H,2-3,5-6,8,10H2,1H3,(H2,14,15,16). The first-order chi connectivity index (χ1) is 8.38. The van der Waals surface area contributed by atoms with Gasteiger partial charge in [-0.2, -0.15) is 0 Å². The van der Waals surface area contributed by atoms with Crippen LogP contribution >= 0.6 is 0 Å². The fraction of sp³-hybridized carbons (Fsp3) is 0.615. The summed E-state index contributed by atoms with van der Waals surface area (Å²) in [5.74, 6) is 1.67. The first-order valence-electron chi connectivity index (χ1n) is 6.40. The fourth-order valence-electron chi connectivity index (χ4n) is 2.05.